The molecule has 2 rings (SSSR count). The summed E-state index contributed by atoms with van der Waals surface area (Å²) < 4.78 is 5.52. The van der Waals surface area contributed by atoms with Crippen LogP contribution in [-0.4, -0.2) is 30.6 Å². The number of carbonyl (C=O) groups is 1. The second-order valence-electron chi connectivity index (χ2n) is 4.56. The topological polar surface area (TPSA) is 29.5 Å². The Bertz CT molecular complexity index is 344. The molecule has 1 fully saturated rings. The smallest absolute Gasteiger partial charge is 0.222 e. The van der Waals surface area contributed by atoms with Gasteiger partial charge in [0, 0.05) is 26.6 Å². The van der Waals surface area contributed by atoms with Gasteiger partial charge in [-0.1, -0.05) is 0 Å². The zero-order valence-electron chi connectivity index (χ0n) is 10.2. The van der Waals surface area contributed by atoms with Crippen LogP contribution in [0.1, 0.15) is 31.2 Å². The van der Waals surface area contributed by atoms with Gasteiger partial charge in [-0.15, -0.1) is 0 Å². The molecule has 0 saturated carbocycles. The molecule has 4 heteroatoms. The largest absolute Gasteiger partial charge is 0.378 e. The molecule has 2 heterocycles. The van der Waals surface area contributed by atoms with E-state index in [2.05, 4.69) is 11.4 Å². The molecule has 0 aliphatic carbocycles. The van der Waals surface area contributed by atoms with Crippen LogP contribution in [0.15, 0.2) is 16.8 Å². The van der Waals surface area contributed by atoms with Crippen molar-refractivity contribution in [3.05, 3.63) is 22.4 Å². The Morgan fingerprint density at radius 3 is 3.18 bits per heavy atom. The van der Waals surface area contributed by atoms with Crippen molar-refractivity contribution in [3.63, 3.8) is 0 Å². The normalized spacial score (nSPS) is 19.5. The standard InChI is InChI=1S/C13H19NO2S/c1-14(9-11-6-8-17-10-11)13(15)5-4-12-3-2-7-16-12/h6,8,10,12H,2-5,7,9H2,1H3/t12-/m0/s1. The first kappa shape index (κ1) is 12.6. The van der Waals surface area contributed by atoms with E-state index < -0.39 is 0 Å². The first-order chi connectivity index (χ1) is 8.25. The van der Waals surface area contributed by atoms with Gasteiger partial charge in [-0.25, -0.2) is 0 Å². The first-order valence-electron chi connectivity index (χ1n) is 6.12. The van der Waals surface area contributed by atoms with Crippen LogP contribution in [0.25, 0.3) is 0 Å². The van der Waals surface area contributed by atoms with Crippen molar-refractivity contribution in [1.29, 1.82) is 0 Å². The summed E-state index contributed by atoms with van der Waals surface area (Å²) >= 11 is 1.67. The Balaban J connectivity index is 1.71. The lowest BCUT2D eigenvalue weighted by Crippen LogP contribution is -2.26. The number of hydrogen-bond acceptors (Lipinski definition) is 3. The predicted octanol–water partition coefficient (Wildman–Crippen LogP) is 2.67. The maximum atomic E-state index is 11.9. The van der Waals surface area contributed by atoms with E-state index in [1.807, 2.05) is 12.4 Å². The molecule has 0 unspecified atom stereocenters. The van der Waals surface area contributed by atoms with E-state index >= 15 is 0 Å². The van der Waals surface area contributed by atoms with Crippen molar-refractivity contribution in [2.24, 2.45) is 0 Å². The van der Waals surface area contributed by atoms with Gasteiger partial charge >= 0.3 is 0 Å². The Morgan fingerprint density at radius 1 is 1.65 bits per heavy atom. The highest BCUT2D eigenvalue weighted by molar-refractivity contribution is 7.07. The molecule has 1 aliphatic heterocycles. The lowest BCUT2D eigenvalue weighted by Gasteiger charge is -2.17. The van der Waals surface area contributed by atoms with Gasteiger partial charge in [0.25, 0.3) is 0 Å². The van der Waals surface area contributed by atoms with E-state index in [-0.39, 0.29) is 5.91 Å². The van der Waals surface area contributed by atoms with Crippen molar-refractivity contribution >= 4 is 17.2 Å². The maximum absolute atomic E-state index is 11.9. The zero-order valence-corrected chi connectivity index (χ0v) is 11.0. The molecule has 1 aliphatic rings. The third-order valence-electron chi connectivity index (χ3n) is 3.13. The van der Waals surface area contributed by atoms with Crippen molar-refractivity contribution in [2.75, 3.05) is 13.7 Å². The fourth-order valence-electron chi connectivity index (χ4n) is 2.09. The number of ether oxygens (including phenoxy) is 1. The van der Waals surface area contributed by atoms with Crippen LogP contribution >= 0.6 is 11.3 Å². The summed E-state index contributed by atoms with van der Waals surface area (Å²) in [4.78, 5) is 13.7. The van der Waals surface area contributed by atoms with Crippen LogP contribution < -0.4 is 0 Å². The molecule has 1 aromatic heterocycles. The second kappa shape index (κ2) is 6.17. The Morgan fingerprint density at radius 2 is 2.53 bits per heavy atom. The van der Waals surface area contributed by atoms with Gasteiger partial charge in [0.15, 0.2) is 0 Å². The lowest BCUT2D eigenvalue weighted by molar-refractivity contribution is -0.131. The van der Waals surface area contributed by atoms with E-state index in [9.17, 15) is 4.79 Å². The molecule has 0 aromatic carbocycles. The zero-order chi connectivity index (χ0) is 12.1. The summed E-state index contributed by atoms with van der Waals surface area (Å²) in [6.07, 6.45) is 4.04. The van der Waals surface area contributed by atoms with Crippen molar-refractivity contribution < 1.29 is 9.53 Å². The highest BCUT2D eigenvalue weighted by Gasteiger charge is 2.18. The molecule has 1 aromatic rings. The van der Waals surface area contributed by atoms with Crippen molar-refractivity contribution in [3.8, 4) is 0 Å². The van der Waals surface area contributed by atoms with Gasteiger partial charge in [-0.3, -0.25) is 4.79 Å². The average Bonchev–Trinajstić information content (AvgIpc) is 2.98. The third-order valence-corrected chi connectivity index (χ3v) is 3.86. The maximum Gasteiger partial charge on any atom is 0.222 e. The average molecular weight is 253 g/mol. The molecular formula is C13H19NO2S. The summed E-state index contributed by atoms with van der Waals surface area (Å²) in [5, 5.41) is 4.13. The van der Waals surface area contributed by atoms with Crippen LogP contribution in [0, 0.1) is 0 Å². The van der Waals surface area contributed by atoms with Crippen molar-refractivity contribution in [1.82, 2.24) is 4.90 Å². The van der Waals surface area contributed by atoms with E-state index in [1.165, 1.54) is 5.56 Å². The van der Waals surface area contributed by atoms with Gasteiger partial charge in [-0.2, -0.15) is 11.3 Å². The summed E-state index contributed by atoms with van der Waals surface area (Å²) in [6, 6.07) is 2.06. The molecule has 17 heavy (non-hydrogen) atoms. The van der Waals surface area contributed by atoms with Gasteiger partial charge < -0.3 is 9.64 Å². The number of carbonyl (C=O) groups excluding carboxylic acids is 1. The van der Waals surface area contributed by atoms with Gasteiger partial charge in [-0.05, 0) is 41.7 Å². The van der Waals surface area contributed by atoms with E-state index in [4.69, 9.17) is 4.74 Å². The summed E-state index contributed by atoms with van der Waals surface area (Å²) in [5.41, 5.74) is 1.21. The van der Waals surface area contributed by atoms with E-state index in [0.717, 1.165) is 25.9 Å². The number of rotatable bonds is 5. The molecule has 0 radical (unpaired) electrons. The van der Waals surface area contributed by atoms with Gasteiger partial charge in [0.2, 0.25) is 5.91 Å². The number of amides is 1. The fourth-order valence-corrected chi connectivity index (χ4v) is 2.75. The monoisotopic (exact) mass is 253 g/mol. The Kier molecular flexibility index (Phi) is 4.57. The lowest BCUT2D eigenvalue weighted by atomic mass is 10.1. The van der Waals surface area contributed by atoms with Crippen LogP contribution in [0.2, 0.25) is 0 Å². The van der Waals surface area contributed by atoms with E-state index in [0.29, 0.717) is 19.1 Å². The van der Waals surface area contributed by atoms with Gasteiger partial charge in [0.05, 0.1) is 6.10 Å². The molecule has 1 amide bonds. The van der Waals surface area contributed by atoms with Crippen molar-refractivity contribution in [2.45, 2.75) is 38.3 Å². The number of thiophene rings is 1. The molecule has 94 valence electrons. The van der Waals surface area contributed by atoms with Crippen LogP contribution in [0.4, 0.5) is 0 Å². The number of nitrogens with zero attached hydrogens (tertiary/aromatic N) is 1. The molecule has 0 N–H and O–H groups in total. The first-order valence-corrected chi connectivity index (χ1v) is 7.06. The predicted molar refractivity (Wildman–Crippen MR) is 69.0 cm³/mol. The molecule has 0 spiro atoms. The minimum atomic E-state index is 0.215. The Labute approximate surface area is 106 Å². The highest BCUT2D eigenvalue weighted by atomic mass is 32.1. The van der Waals surface area contributed by atoms with Crippen LogP contribution in [0.3, 0.4) is 0 Å². The summed E-state index contributed by atoms with van der Waals surface area (Å²) in [6.45, 7) is 1.58. The van der Waals surface area contributed by atoms with Gasteiger partial charge in [0.1, 0.15) is 0 Å². The second-order valence-corrected chi connectivity index (χ2v) is 5.34. The summed E-state index contributed by atoms with van der Waals surface area (Å²) in [7, 11) is 1.87. The van der Waals surface area contributed by atoms with E-state index in [1.54, 1.807) is 16.2 Å². The third kappa shape index (κ3) is 3.82. The molecular weight excluding hydrogens is 234 g/mol. The minimum absolute atomic E-state index is 0.215. The Hall–Kier alpha value is -0.870. The highest BCUT2D eigenvalue weighted by Crippen LogP contribution is 2.17. The quantitative estimate of drug-likeness (QED) is 0.807. The minimum Gasteiger partial charge on any atom is -0.378 e. The van der Waals surface area contributed by atoms with Crippen LogP contribution in [0.5, 0.6) is 0 Å². The molecule has 1 atom stereocenters. The van der Waals surface area contributed by atoms with Crippen LogP contribution in [-0.2, 0) is 16.1 Å². The molecule has 0 bridgehead atoms. The fraction of sp³-hybridized carbons (Fsp3) is 0.615. The summed E-state index contributed by atoms with van der Waals surface area (Å²) in [5.74, 6) is 0.215. The molecule has 3 nitrogen and oxygen atoms in total. The number of hydrogen-bond donors (Lipinski definition) is 0. The SMILES string of the molecule is CN(Cc1ccsc1)C(=O)CC[C@@H]1CCCO1. The molecule has 1 saturated heterocycles.